The summed E-state index contributed by atoms with van der Waals surface area (Å²) in [6, 6.07) is 0. The van der Waals surface area contributed by atoms with Crippen LogP contribution in [-0.2, 0) is 13.8 Å². The van der Waals surface area contributed by atoms with E-state index in [-0.39, 0.29) is 6.16 Å². The Labute approximate surface area is 77.4 Å². The van der Waals surface area contributed by atoms with Crippen LogP contribution in [-0.4, -0.2) is 29.5 Å². The molecular weight excluding hydrogens is 202 g/mol. The predicted molar refractivity (Wildman–Crippen MR) is 49.5 cm³/mol. The Morgan fingerprint density at radius 2 is 1.83 bits per heavy atom. The van der Waals surface area contributed by atoms with E-state index in [1.807, 2.05) is 0 Å². The first-order valence-electron chi connectivity index (χ1n) is 3.72. The summed E-state index contributed by atoms with van der Waals surface area (Å²) in [4.78, 5) is 20.1. The van der Waals surface area contributed by atoms with Crippen LogP contribution in [0, 0.1) is 0 Å². The SMILES string of the molecule is CCO[PH](O)(CC(=O)Cl)OCC. The van der Waals surface area contributed by atoms with Crippen molar-refractivity contribution in [1.82, 2.24) is 0 Å². The summed E-state index contributed by atoms with van der Waals surface area (Å²) in [6.45, 7) is 4.06. The van der Waals surface area contributed by atoms with E-state index in [1.54, 1.807) is 13.8 Å². The Balaban J connectivity index is 4.07. The molecule has 0 radical (unpaired) electrons. The standard InChI is InChI=1S/C6H14ClO4P/c1-3-10-12(9,11-4-2)5-6(7)8/h9,12H,3-5H2,1-2H3. The second-order valence-corrected chi connectivity index (χ2v) is 4.89. The minimum atomic E-state index is -3.29. The molecule has 0 saturated heterocycles. The average molecular weight is 217 g/mol. The molecule has 0 aliphatic heterocycles. The first-order valence-corrected chi connectivity index (χ1v) is 6.07. The van der Waals surface area contributed by atoms with Crippen LogP contribution >= 0.6 is 19.5 Å². The fourth-order valence-corrected chi connectivity index (χ4v) is 2.82. The molecule has 0 aliphatic rings. The quantitative estimate of drug-likeness (QED) is 0.537. The van der Waals surface area contributed by atoms with E-state index in [4.69, 9.17) is 20.6 Å². The Bertz CT molecular complexity index is 146. The van der Waals surface area contributed by atoms with Gasteiger partial charge >= 0.3 is 76.7 Å². The number of rotatable bonds is 6. The molecule has 12 heavy (non-hydrogen) atoms. The third-order valence-corrected chi connectivity index (χ3v) is 3.71. The van der Waals surface area contributed by atoms with Crippen molar-refractivity contribution in [3.05, 3.63) is 0 Å². The number of halogens is 1. The molecule has 0 amide bonds. The molecule has 0 heterocycles. The molecule has 0 saturated carbocycles. The van der Waals surface area contributed by atoms with E-state index in [9.17, 15) is 9.69 Å². The van der Waals surface area contributed by atoms with Gasteiger partial charge in [-0.3, -0.25) is 0 Å². The second kappa shape index (κ2) is 5.84. The average Bonchev–Trinajstić information content (AvgIpc) is 1.85. The van der Waals surface area contributed by atoms with Crippen molar-refractivity contribution in [2.45, 2.75) is 13.8 Å². The van der Waals surface area contributed by atoms with Crippen molar-refractivity contribution >= 4 is 24.8 Å². The number of hydrogen-bond acceptors (Lipinski definition) is 4. The van der Waals surface area contributed by atoms with Crippen molar-refractivity contribution in [2.24, 2.45) is 0 Å². The molecular formula is C6H14ClO4P. The van der Waals surface area contributed by atoms with Gasteiger partial charge in [-0.15, -0.1) is 0 Å². The van der Waals surface area contributed by atoms with Gasteiger partial charge in [0.25, 0.3) is 0 Å². The van der Waals surface area contributed by atoms with Crippen molar-refractivity contribution in [3.8, 4) is 0 Å². The zero-order chi connectivity index (χ0) is 9.61. The van der Waals surface area contributed by atoms with Gasteiger partial charge in [0.1, 0.15) is 0 Å². The molecule has 0 aromatic heterocycles. The van der Waals surface area contributed by atoms with Crippen molar-refractivity contribution in [1.29, 1.82) is 0 Å². The number of carbonyl (C=O) groups is 1. The van der Waals surface area contributed by atoms with E-state index in [0.717, 1.165) is 0 Å². The van der Waals surface area contributed by atoms with Crippen LogP contribution in [0.5, 0.6) is 0 Å². The summed E-state index contributed by atoms with van der Waals surface area (Å²) in [5.74, 6) is 0. The van der Waals surface area contributed by atoms with E-state index in [2.05, 4.69) is 0 Å². The Morgan fingerprint density at radius 1 is 1.42 bits per heavy atom. The summed E-state index contributed by atoms with van der Waals surface area (Å²) >= 11 is 5.11. The molecule has 0 atom stereocenters. The van der Waals surface area contributed by atoms with Crippen molar-refractivity contribution in [3.63, 3.8) is 0 Å². The Hall–Kier alpha value is 0.270. The van der Waals surface area contributed by atoms with Crippen LogP contribution in [0.1, 0.15) is 13.8 Å². The predicted octanol–water partition coefficient (Wildman–Crippen LogP) is 1.31. The maximum atomic E-state index is 10.5. The normalized spacial score (nSPS) is 13.0. The molecule has 0 aromatic carbocycles. The van der Waals surface area contributed by atoms with Gasteiger partial charge in [0.2, 0.25) is 0 Å². The molecule has 6 heteroatoms. The van der Waals surface area contributed by atoms with Gasteiger partial charge in [-0.25, -0.2) is 0 Å². The first-order chi connectivity index (χ1) is 5.54. The molecule has 0 aromatic rings. The van der Waals surface area contributed by atoms with Crippen LogP contribution in [0.15, 0.2) is 0 Å². The van der Waals surface area contributed by atoms with Crippen LogP contribution in [0.4, 0.5) is 0 Å². The van der Waals surface area contributed by atoms with Gasteiger partial charge in [0.15, 0.2) is 0 Å². The zero-order valence-electron chi connectivity index (χ0n) is 7.17. The van der Waals surface area contributed by atoms with E-state index in [1.165, 1.54) is 0 Å². The van der Waals surface area contributed by atoms with Gasteiger partial charge in [-0.1, -0.05) is 0 Å². The number of carbonyl (C=O) groups excluding carboxylic acids is 1. The summed E-state index contributed by atoms with van der Waals surface area (Å²) in [5, 5.41) is -0.633. The number of hydrogen-bond donors (Lipinski definition) is 1. The third kappa shape index (κ3) is 5.01. The summed E-state index contributed by atoms with van der Waals surface area (Å²) in [6.07, 6.45) is -0.226. The van der Waals surface area contributed by atoms with Gasteiger partial charge in [0.05, 0.1) is 0 Å². The first kappa shape index (κ1) is 12.3. The molecule has 0 spiro atoms. The summed E-state index contributed by atoms with van der Waals surface area (Å²) < 4.78 is 9.90. The second-order valence-electron chi connectivity index (χ2n) is 2.11. The molecule has 0 fully saturated rings. The van der Waals surface area contributed by atoms with Gasteiger partial charge in [-0.05, 0) is 0 Å². The van der Waals surface area contributed by atoms with Gasteiger partial charge < -0.3 is 0 Å². The molecule has 0 unspecified atom stereocenters. The van der Waals surface area contributed by atoms with Crippen LogP contribution < -0.4 is 0 Å². The van der Waals surface area contributed by atoms with E-state index in [0.29, 0.717) is 13.2 Å². The van der Waals surface area contributed by atoms with Crippen LogP contribution in [0.3, 0.4) is 0 Å². The maximum absolute atomic E-state index is 10.5. The van der Waals surface area contributed by atoms with Gasteiger partial charge in [0, 0.05) is 0 Å². The van der Waals surface area contributed by atoms with Crippen LogP contribution in [0.25, 0.3) is 0 Å². The van der Waals surface area contributed by atoms with E-state index < -0.39 is 13.2 Å². The monoisotopic (exact) mass is 216 g/mol. The third-order valence-electron chi connectivity index (χ3n) is 1.10. The summed E-state index contributed by atoms with van der Waals surface area (Å²) in [7, 11) is -3.29. The minimum absolute atomic E-state index is 0.226. The fraction of sp³-hybridized carbons (Fsp3) is 0.833. The van der Waals surface area contributed by atoms with Crippen molar-refractivity contribution in [2.75, 3.05) is 19.4 Å². The van der Waals surface area contributed by atoms with Gasteiger partial charge in [-0.2, -0.15) is 0 Å². The topological polar surface area (TPSA) is 55.8 Å². The molecule has 1 N–H and O–H groups in total. The van der Waals surface area contributed by atoms with Crippen molar-refractivity contribution < 1.29 is 18.7 Å². The summed E-state index contributed by atoms with van der Waals surface area (Å²) in [5.41, 5.74) is 0. The Kier molecular flexibility index (Phi) is 5.97. The molecule has 0 bridgehead atoms. The van der Waals surface area contributed by atoms with Crippen LogP contribution in [0.2, 0.25) is 0 Å². The molecule has 4 nitrogen and oxygen atoms in total. The molecule has 0 rings (SSSR count). The van der Waals surface area contributed by atoms with E-state index >= 15 is 0 Å². The Morgan fingerprint density at radius 3 is 2.08 bits per heavy atom. The zero-order valence-corrected chi connectivity index (χ0v) is 8.93. The fourth-order valence-electron chi connectivity index (χ4n) is 0.770. The molecule has 0 aliphatic carbocycles. The molecule has 74 valence electrons.